The molecule has 0 heterocycles. The number of nitrogens with one attached hydrogen (secondary N) is 1. The molecule has 2 aromatic carbocycles. The van der Waals surface area contributed by atoms with Crippen molar-refractivity contribution in [2.45, 2.75) is 26.8 Å². The first-order valence-corrected chi connectivity index (χ1v) is 7.04. The molecule has 0 amide bonds. The normalized spacial score (nSPS) is 11.4. The Kier molecular flexibility index (Phi) is 4.82. The van der Waals surface area contributed by atoms with E-state index in [1.807, 2.05) is 25.1 Å². The number of nitrogens with zero attached hydrogens (tertiary/aromatic N) is 1. The van der Waals surface area contributed by atoms with Gasteiger partial charge >= 0.3 is 0 Å². The molecule has 4 N–H and O–H groups in total. The summed E-state index contributed by atoms with van der Waals surface area (Å²) in [6.07, 6.45) is 1.03. The highest BCUT2D eigenvalue weighted by molar-refractivity contribution is 5.97. The second kappa shape index (κ2) is 6.79. The molecular weight excluding hydrogens is 262 g/mol. The molecule has 0 aliphatic rings. The Bertz CT molecular complexity index is 650. The molecule has 0 unspecified atom stereocenters. The fraction of sp³-hybridized carbons (Fsp3) is 0.235. The first kappa shape index (κ1) is 14.9. The molecule has 0 aliphatic heterocycles. The number of amidine groups is 1. The maximum absolute atomic E-state index is 8.70. The lowest BCUT2D eigenvalue weighted by molar-refractivity contribution is 0.318. The number of rotatable bonds is 5. The Morgan fingerprint density at radius 2 is 2.05 bits per heavy atom. The number of aryl methyl sites for hydroxylation is 2. The summed E-state index contributed by atoms with van der Waals surface area (Å²) in [5.74, 6) is 0.133. The Morgan fingerprint density at radius 1 is 1.24 bits per heavy atom. The molecule has 0 bridgehead atoms. The van der Waals surface area contributed by atoms with Crippen LogP contribution in [-0.2, 0) is 13.0 Å². The first-order valence-electron chi connectivity index (χ1n) is 7.04. The van der Waals surface area contributed by atoms with Gasteiger partial charge in [-0.15, -0.1) is 0 Å². The number of oxime groups is 1. The van der Waals surface area contributed by atoms with Crippen LogP contribution in [0.25, 0.3) is 0 Å². The third-order valence-corrected chi connectivity index (χ3v) is 3.56. The summed E-state index contributed by atoms with van der Waals surface area (Å²) in [5.41, 5.74) is 11.1. The molecule has 0 fully saturated rings. The van der Waals surface area contributed by atoms with Crippen LogP contribution in [0.4, 0.5) is 5.69 Å². The summed E-state index contributed by atoms with van der Waals surface area (Å²) in [6, 6.07) is 14.2. The van der Waals surface area contributed by atoms with Crippen molar-refractivity contribution in [2.24, 2.45) is 10.9 Å². The zero-order valence-corrected chi connectivity index (χ0v) is 12.4. The Balaban J connectivity index is 2.09. The van der Waals surface area contributed by atoms with Gasteiger partial charge < -0.3 is 16.3 Å². The number of hydrogen-bond donors (Lipinski definition) is 3. The monoisotopic (exact) mass is 283 g/mol. The van der Waals surface area contributed by atoms with Gasteiger partial charge in [0.2, 0.25) is 0 Å². The fourth-order valence-electron chi connectivity index (χ4n) is 2.21. The van der Waals surface area contributed by atoms with E-state index in [9.17, 15) is 0 Å². The second-order valence-electron chi connectivity index (χ2n) is 5.03. The van der Waals surface area contributed by atoms with E-state index in [1.165, 1.54) is 11.1 Å². The molecule has 4 heteroatoms. The number of hydrogen-bond acceptors (Lipinski definition) is 3. The van der Waals surface area contributed by atoms with E-state index >= 15 is 0 Å². The molecule has 4 nitrogen and oxygen atoms in total. The lowest BCUT2D eigenvalue weighted by Crippen LogP contribution is -2.13. The van der Waals surface area contributed by atoms with Gasteiger partial charge in [0.1, 0.15) is 0 Å². The van der Waals surface area contributed by atoms with E-state index in [-0.39, 0.29) is 5.84 Å². The molecule has 2 rings (SSSR count). The Morgan fingerprint density at radius 3 is 2.71 bits per heavy atom. The van der Waals surface area contributed by atoms with Gasteiger partial charge in [0.15, 0.2) is 5.84 Å². The maximum atomic E-state index is 8.70. The highest BCUT2D eigenvalue weighted by Crippen LogP contribution is 2.15. The van der Waals surface area contributed by atoms with Gasteiger partial charge in [-0.2, -0.15) is 0 Å². The van der Waals surface area contributed by atoms with E-state index in [1.54, 1.807) is 0 Å². The third-order valence-electron chi connectivity index (χ3n) is 3.56. The summed E-state index contributed by atoms with van der Waals surface area (Å²) < 4.78 is 0. The highest BCUT2D eigenvalue weighted by atomic mass is 16.4. The molecule has 110 valence electrons. The molecule has 0 saturated heterocycles. The van der Waals surface area contributed by atoms with E-state index in [2.05, 4.69) is 41.7 Å². The van der Waals surface area contributed by atoms with Crippen molar-refractivity contribution >= 4 is 11.5 Å². The van der Waals surface area contributed by atoms with Gasteiger partial charge in [0.25, 0.3) is 0 Å². The predicted molar refractivity (Wildman–Crippen MR) is 86.8 cm³/mol. The molecule has 0 spiro atoms. The van der Waals surface area contributed by atoms with Crippen molar-refractivity contribution in [3.8, 4) is 0 Å². The largest absolute Gasteiger partial charge is 0.409 e. The number of anilines is 1. The van der Waals surface area contributed by atoms with Crippen molar-refractivity contribution in [3.63, 3.8) is 0 Å². The molecule has 0 atom stereocenters. The molecular formula is C17H21N3O. The van der Waals surface area contributed by atoms with Gasteiger partial charge in [0.05, 0.1) is 0 Å². The standard InChI is InChI=1S/C17H21N3O/c1-3-13-5-4-6-16(10-13)19-11-15-8-7-14(9-12(15)2)17(18)20-21/h4-10,19,21H,3,11H2,1-2H3,(H2,18,20). The summed E-state index contributed by atoms with van der Waals surface area (Å²) in [4.78, 5) is 0. The van der Waals surface area contributed by atoms with Gasteiger partial charge in [-0.3, -0.25) is 0 Å². The molecule has 0 aliphatic carbocycles. The summed E-state index contributed by atoms with van der Waals surface area (Å²) in [5, 5.41) is 15.1. The van der Waals surface area contributed by atoms with Crippen LogP contribution in [0.1, 0.15) is 29.2 Å². The van der Waals surface area contributed by atoms with Crippen molar-refractivity contribution in [1.82, 2.24) is 0 Å². The number of nitrogens with two attached hydrogens (primary N) is 1. The van der Waals surface area contributed by atoms with Crippen LogP contribution in [-0.4, -0.2) is 11.0 Å². The SMILES string of the molecule is CCc1cccc(NCc2ccc(/C(N)=N/O)cc2C)c1. The predicted octanol–water partition coefficient (Wildman–Crippen LogP) is 3.26. The van der Waals surface area contributed by atoms with Crippen molar-refractivity contribution in [1.29, 1.82) is 0 Å². The smallest absolute Gasteiger partial charge is 0.170 e. The minimum absolute atomic E-state index is 0.133. The topological polar surface area (TPSA) is 70.6 Å². The Labute approximate surface area is 125 Å². The van der Waals surface area contributed by atoms with Gasteiger partial charge in [0, 0.05) is 17.8 Å². The van der Waals surface area contributed by atoms with Crippen molar-refractivity contribution in [2.75, 3.05) is 5.32 Å². The van der Waals surface area contributed by atoms with E-state index < -0.39 is 0 Å². The van der Waals surface area contributed by atoms with Crippen LogP contribution in [0, 0.1) is 6.92 Å². The van der Waals surface area contributed by atoms with Crippen LogP contribution in [0.2, 0.25) is 0 Å². The summed E-state index contributed by atoms with van der Waals surface area (Å²) in [7, 11) is 0. The highest BCUT2D eigenvalue weighted by Gasteiger charge is 2.04. The van der Waals surface area contributed by atoms with Crippen LogP contribution >= 0.6 is 0 Å². The van der Waals surface area contributed by atoms with E-state index in [0.29, 0.717) is 0 Å². The molecule has 0 radical (unpaired) electrons. The quantitative estimate of drug-likeness (QED) is 0.341. The van der Waals surface area contributed by atoms with Crippen LogP contribution in [0.5, 0.6) is 0 Å². The van der Waals surface area contributed by atoms with Crippen molar-refractivity contribution in [3.05, 3.63) is 64.7 Å². The molecule has 21 heavy (non-hydrogen) atoms. The average molecular weight is 283 g/mol. The second-order valence-corrected chi connectivity index (χ2v) is 5.03. The average Bonchev–Trinajstić information content (AvgIpc) is 2.53. The molecule has 0 aromatic heterocycles. The van der Waals surface area contributed by atoms with Crippen LogP contribution < -0.4 is 11.1 Å². The van der Waals surface area contributed by atoms with E-state index in [4.69, 9.17) is 10.9 Å². The van der Waals surface area contributed by atoms with Crippen LogP contribution in [0.15, 0.2) is 47.6 Å². The number of benzene rings is 2. The summed E-state index contributed by atoms with van der Waals surface area (Å²) in [6.45, 7) is 4.91. The fourth-order valence-corrected chi connectivity index (χ4v) is 2.21. The first-order chi connectivity index (χ1) is 10.1. The minimum atomic E-state index is 0.133. The Hall–Kier alpha value is -2.49. The van der Waals surface area contributed by atoms with E-state index in [0.717, 1.165) is 29.8 Å². The van der Waals surface area contributed by atoms with Gasteiger partial charge in [-0.1, -0.05) is 36.3 Å². The molecule has 2 aromatic rings. The minimum Gasteiger partial charge on any atom is -0.409 e. The van der Waals surface area contributed by atoms with Crippen LogP contribution in [0.3, 0.4) is 0 Å². The third kappa shape index (κ3) is 3.75. The zero-order valence-electron chi connectivity index (χ0n) is 12.4. The lowest BCUT2D eigenvalue weighted by atomic mass is 10.0. The summed E-state index contributed by atoms with van der Waals surface area (Å²) >= 11 is 0. The van der Waals surface area contributed by atoms with Gasteiger partial charge in [-0.05, 0) is 48.2 Å². The van der Waals surface area contributed by atoms with Crippen molar-refractivity contribution < 1.29 is 5.21 Å². The lowest BCUT2D eigenvalue weighted by Gasteiger charge is -2.11. The maximum Gasteiger partial charge on any atom is 0.170 e. The van der Waals surface area contributed by atoms with Gasteiger partial charge in [-0.25, -0.2) is 0 Å². The molecule has 0 saturated carbocycles. The zero-order chi connectivity index (χ0) is 15.2.